The fourth-order valence-electron chi connectivity index (χ4n) is 2.66. The first-order chi connectivity index (χ1) is 13.3. The van der Waals surface area contributed by atoms with Crippen LogP contribution < -0.4 is 4.74 Å². The van der Waals surface area contributed by atoms with E-state index in [2.05, 4.69) is 9.98 Å². The molecule has 1 atom stereocenters. The van der Waals surface area contributed by atoms with Gasteiger partial charge in [-0.2, -0.15) is 0 Å². The monoisotopic (exact) mass is 406 g/mol. The number of halogens is 2. The van der Waals surface area contributed by atoms with E-state index >= 15 is 0 Å². The second kappa shape index (κ2) is 8.26. The molecule has 0 bridgehead atoms. The van der Waals surface area contributed by atoms with Crippen LogP contribution in [0.4, 0.5) is 8.78 Å². The van der Waals surface area contributed by atoms with Crippen molar-refractivity contribution in [3.63, 3.8) is 0 Å². The minimum Gasteiger partial charge on any atom is -0.494 e. The van der Waals surface area contributed by atoms with Crippen molar-refractivity contribution in [2.75, 3.05) is 12.4 Å². The third-order valence-corrected chi connectivity index (χ3v) is 5.28. The van der Waals surface area contributed by atoms with Crippen molar-refractivity contribution in [2.24, 2.45) is 4.99 Å². The number of esters is 1. The van der Waals surface area contributed by atoms with Crippen molar-refractivity contribution >= 4 is 22.8 Å². The van der Waals surface area contributed by atoms with E-state index < -0.39 is 17.6 Å². The van der Waals surface area contributed by atoms with Gasteiger partial charge in [0.2, 0.25) is 0 Å². The largest absolute Gasteiger partial charge is 0.494 e. The van der Waals surface area contributed by atoms with Crippen LogP contribution in [0.2, 0.25) is 0 Å². The fraction of sp³-hybridized carbons (Fsp3) is 0.350. The molecule has 1 aromatic carbocycles. The van der Waals surface area contributed by atoms with E-state index in [9.17, 15) is 13.6 Å². The molecule has 1 aromatic heterocycles. The number of rotatable bonds is 7. The Kier molecular flexibility index (Phi) is 5.98. The lowest BCUT2D eigenvalue weighted by molar-refractivity contribution is -0.195. The molecule has 2 heterocycles. The molecule has 148 valence electrons. The Labute approximate surface area is 166 Å². The summed E-state index contributed by atoms with van der Waals surface area (Å²) in [7, 11) is 0. The Hall–Kier alpha value is -2.48. The van der Waals surface area contributed by atoms with Gasteiger partial charge in [-0.1, -0.05) is 23.9 Å². The summed E-state index contributed by atoms with van der Waals surface area (Å²) in [6.45, 7) is 3.12. The Morgan fingerprint density at radius 1 is 1.29 bits per heavy atom. The van der Waals surface area contributed by atoms with Crippen molar-refractivity contribution in [1.82, 2.24) is 4.98 Å². The van der Waals surface area contributed by atoms with E-state index in [-0.39, 0.29) is 12.2 Å². The van der Waals surface area contributed by atoms with Gasteiger partial charge in [-0.25, -0.2) is 13.8 Å². The molecule has 0 amide bonds. The van der Waals surface area contributed by atoms with Crippen LogP contribution in [0.5, 0.6) is 5.75 Å². The summed E-state index contributed by atoms with van der Waals surface area (Å²) in [6.07, 6.45) is 2.99. The molecule has 0 saturated heterocycles. The van der Waals surface area contributed by atoms with Crippen molar-refractivity contribution in [2.45, 2.75) is 31.9 Å². The standard InChI is InChI=1S/C20H20F2N2O3S/c1-3-26-16-8-6-14(7-9-16)11-17(25)27-20(19(2,21)22)13-28-18(24-20)15-5-4-10-23-12-15/h4-10,12H,3,11,13H2,1-2H3. The summed E-state index contributed by atoms with van der Waals surface area (Å²) in [4.78, 5) is 20.5. The Bertz CT molecular complexity index is 854. The number of benzene rings is 1. The van der Waals surface area contributed by atoms with Gasteiger partial charge in [0, 0.05) is 24.9 Å². The van der Waals surface area contributed by atoms with E-state index in [1.807, 2.05) is 6.92 Å². The number of pyridine rings is 1. The average molecular weight is 406 g/mol. The minimum absolute atomic E-state index is 0.132. The summed E-state index contributed by atoms with van der Waals surface area (Å²) >= 11 is 1.12. The maximum absolute atomic E-state index is 14.4. The summed E-state index contributed by atoms with van der Waals surface area (Å²) in [6, 6.07) is 10.3. The molecule has 0 saturated carbocycles. The predicted molar refractivity (Wildman–Crippen MR) is 104 cm³/mol. The number of thioether (sulfide) groups is 1. The van der Waals surface area contributed by atoms with Gasteiger partial charge in [-0.15, -0.1) is 0 Å². The van der Waals surface area contributed by atoms with Gasteiger partial charge in [0.25, 0.3) is 5.72 Å². The Morgan fingerprint density at radius 3 is 2.64 bits per heavy atom. The third kappa shape index (κ3) is 4.49. The molecule has 1 aliphatic rings. The third-order valence-electron chi connectivity index (χ3n) is 4.15. The number of alkyl halides is 2. The Balaban J connectivity index is 1.76. The highest BCUT2D eigenvalue weighted by molar-refractivity contribution is 8.14. The molecular weight excluding hydrogens is 386 g/mol. The van der Waals surface area contributed by atoms with Crippen molar-refractivity contribution in [3.8, 4) is 5.75 Å². The molecule has 5 nitrogen and oxygen atoms in total. The molecule has 1 aliphatic heterocycles. The van der Waals surface area contributed by atoms with Crippen LogP contribution in [-0.2, 0) is 16.0 Å². The molecule has 8 heteroatoms. The van der Waals surface area contributed by atoms with E-state index in [1.54, 1.807) is 42.6 Å². The normalized spacial score (nSPS) is 19.2. The van der Waals surface area contributed by atoms with Crippen molar-refractivity contribution in [3.05, 3.63) is 59.9 Å². The zero-order valence-corrected chi connectivity index (χ0v) is 16.3. The predicted octanol–water partition coefficient (Wildman–Crippen LogP) is 4.11. The molecule has 0 aliphatic carbocycles. The lowest BCUT2D eigenvalue weighted by Gasteiger charge is -2.31. The molecule has 2 aromatic rings. The van der Waals surface area contributed by atoms with Crippen LogP contribution in [0.25, 0.3) is 0 Å². The van der Waals surface area contributed by atoms with Gasteiger partial charge in [0.1, 0.15) is 10.8 Å². The van der Waals surface area contributed by atoms with Gasteiger partial charge in [-0.3, -0.25) is 9.78 Å². The molecule has 0 spiro atoms. The van der Waals surface area contributed by atoms with Crippen LogP contribution in [-0.4, -0.2) is 40.0 Å². The molecular formula is C20H20F2N2O3S. The van der Waals surface area contributed by atoms with Crippen molar-refractivity contribution in [1.29, 1.82) is 0 Å². The average Bonchev–Trinajstić information content (AvgIpc) is 3.09. The second-order valence-corrected chi connectivity index (χ2v) is 7.31. The zero-order chi connectivity index (χ0) is 20.2. The van der Waals surface area contributed by atoms with Crippen LogP contribution in [0.3, 0.4) is 0 Å². The smallest absolute Gasteiger partial charge is 0.312 e. The summed E-state index contributed by atoms with van der Waals surface area (Å²) in [5, 5.41) is 0.378. The van der Waals surface area contributed by atoms with Crippen molar-refractivity contribution < 1.29 is 23.0 Å². The van der Waals surface area contributed by atoms with Crippen LogP contribution >= 0.6 is 11.8 Å². The maximum atomic E-state index is 14.4. The first-order valence-electron chi connectivity index (χ1n) is 8.77. The topological polar surface area (TPSA) is 60.8 Å². The van der Waals surface area contributed by atoms with E-state index in [0.29, 0.717) is 35.5 Å². The van der Waals surface area contributed by atoms with E-state index in [1.165, 1.54) is 6.20 Å². The number of aromatic nitrogens is 1. The van der Waals surface area contributed by atoms with Crippen LogP contribution in [0.1, 0.15) is 25.0 Å². The second-order valence-electron chi connectivity index (χ2n) is 6.35. The molecule has 3 rings (SSSR count). The molecule has 28 heavy (non-hydrogen) atoms. The molecule has 1 unspecified atom stereocenters. The molecule has 0 N–H and O–H groups in total. The highest BCUT2D eigenvalue weighted by Crippen LogP contribution is 2.42. The number of ether oxygens (including phenoxy) is 2. The number of carbonyl (C=O) groups is 1. The SMILES string of the molecule is CCOc1ccc(CC(=O)OC2(C(C)(F)F)CSC(c3cccnc3)=N2)cc1. The lowest BCUT2D eigenvalue weighted by Crippen LogP contribution is -2.49. The summed E-state index contributed by atoms with van der Waals surface area (Å²) in [5.74, 6) is -3.58. The summed E-state index contributed by atoms with van der Waals surface area (Å²) in [5.41, 5.74) is -0.975. The number of nitrogens with zero attached hydrogens (tertiary/aromatic N) is 2. The number of carbonyl (C=O) groups excluding carboxylic acids is 1. The van der Waals surface area contributed by atoms with E-state index in [0.717, 1.165) is 11.8 Å². The fourth-order valence-corrected chi connectivity index (χ4v) is 3.87. The van der Waals surface area contributed by atoms with Gasteiger partial charge in [0.05, 0.1) is 18.8 Å². The van der Waals surface area contributed by atoms with Gasteiger partial charge in [-0.05, 0) is 36.8 Å². The Morgan fingerprint density at radius 2 is 2.04 bits per heavy atom. The lowest BCUT2D eigenvalue weighted by atomic mass is 10.1. The van der Waals surface area contributed by atoms with Crippen LogP contribution in [0, 0.1) is 0 Å². The number of hydrogen-bond donors (Lipinski definition) is 0. The number of hydrogen-bond acceptors (Lipinski definition) is 6. The minimum atomic E-state index is -3.33. The zero-order valence-electron chi connectivity index (χ0n) is 15.5. The van der Waals surface area contributed by atoms with Gasteiger partial charge >= 0.3 is 11.9 Å². The van der Waals surface area contributed by atoms with Gasteiger partial charge in [0.15, 0.2) is 0 Å². The van der Waals surface area contributed by atoms with Gasteiger partial charge < -0.3 is 9.47 Å². The quantitative estimate of drug-likeness (QED) is 0.648. The van der Waals surface area contributed by atoms with Crippen LogP contribution in [0.15, 0.2) is 53.8 Å². The highest BCUT2D eigenvalue weighted by Gasteiger charge is 2.57. The molecule has 0 fully saturated rings. The first kappa shape index (κ1) is 20.3. The summed E-state index contributed by atoms with van der Waals surface area (Å²) < 4.78 is 39.4. The number of aliphatic imine (C=N–C) groups is 1. The maximum Gasteiger partial charge on any atom is 0.312 e. The first-order valence-corrected chi connectivity index (χ1v) is 9.76. The van der Waals surface area contributed by atoms with E-state index in [4.69, 9.17) is 9.47 Å². The highest BCUT2D eigenvalue weighted by atomic mass is 32.2. The molecule has 0 radical (unpaired) electrons.